The number of nitrogens with one attached hydrogen (secondary N) is 1. The van der Waals surface area contributed by atoms with E-state index < -0.39 is 0 Å². The summed E-state index contributed by atoms with van der Waals surface area (Å²) in [5.41, 5.74) is 1.97. The maximum Gasteiger partial charge on any atom is 0.256 e. The third kappa shape index (κ3) is 3.40. The SMILES string of the molecule is COc1cc(NC(=O)c2csc(Br)c2)ccc1N1CCCC1=O. The van der Waals surface area contributed by atoms with Crippen LogP contribution < -0.4 is 15.0 Å². The fourth-order valence-electron chi connectivity index (χ4n) is 2.51. The molecular weight excluding hydrogens is 380 g/mol. The number of methoxy groups -OCH3 is 1. The van der Waals surface area contributed by atoms with Crippen LogP contribution in [0, 0.1) is 0 Å². The molecule has 0 bridgehead atoms. The molecular formula is C16H15BrN2O3S. The van der Waals surface area contributed by atoms with Gasteiger partial charge in [-0.3, -0.25) is 9.59 Å². The van der Waals surface area contributed by atoms with Crippen LogP contribution in [0.3, 0.4) is 0 Å². The van der Waals surface area contributed by atoms with Gasteiger partial charge in [0.25, 0.3) is 5.91 Å². The van der Waals surface area contributed by atoms with E-state index in [-0.39, 0.29) is 11.8 Å². The molecule has 120 valence electrons. The van der Waals surface area contributed by atoms with Crippen LogP contribution in [-0.4, -0.2) is 25.5 Å². The van der Waals surface area contributed by atoms with E-state index in [9.17, 15) is 9.59 Å². The lowest BCUT2D eigenvalue weighted by Gasteiger charge is -2.19. The van der Waals surface area contributed by atoms with Gasteiger partial charge in [0.15, 0.2) is 0 Å². The van der Waals surface area contributed by atoms with Crippen LogP contribution in [-0.2, 0) is 4.79 Å². The fourth-order valence-corrected chi connectivity index (χ4v) is 3.65. The monoisotopic (exact) mass is 394 g/mol. The molecule has 2 amide bonds. The molecule has 7 heteroatoms. The van der Waals surface area contributed by atoms with Crippen LogP contribution in [0.2, 0.25) is 0 Å². The maximum absolute atomic E-state index is 12.2. The summed E-state index contributed by atoms with van der Waals surface area (Å²) in [4.78, 5) is 25.8. The van der Waals surface area contributed by atoms with Crippen molar-refractivity contribution in [2.75, 3.05) is 23.9 Å². The first kappa shape index (κ1) is 16.0. The van der Waals surface area contributed by atoms with Crippen molar-refractivity contribution >= 4 is 50.5 Å². The van der Waals surface area contributed by atoms with Crippen molar-refractivity contribution in [2.24, 2.45) is 0 Å². The van der Waals surface area contributed by atoms with E-state index in [2.05, 4.69) is 21.2 Å². The predicted molar refractivity (Wildman–Crippen MR) is 94.6 cm³/mol. The van der Waals surface area contributed by atoms with Gasteiger partial charge in [-0.25, -0.2) is 0 Å². The molecule has 1 aromatic carbocycles. The number of hydrogen-bond donors (Lipinski definition) is 1. The van der Waals surface area contributed by atoms with Gasteiger partial charge >= 0.3 is 0 Å². The van der Waals surface area contributed by atoms with E-state index in [1.165, 1.54) is 11.3 Å². The number of ether oxygens (including phenoxy) is 1. The Morgan fingerprint density at radius 1 is 1.39 bits per heavy atom. The minimum atomic E-state index is -0.181. The quantitative estimate of drug-likeness (QED) is 0.855. The summed E-state index contributed by atoms with van der Waals surface area (Å²) < 4.78 is 6.29. The van der Waals surface area contributed by atoms with Gasteiger partial charge in [0, 0.05) is 30.1 Å². The Kier molecular flexibility index (Phi) is 4.68. The van der Waals surface area contributed by atoms with Gasteiger partial charge in [-0.05, 0) is 40.5 Å². The summed E-state index contributed by atoms with van der Waals surface area (Å²) in [5, 5.41) is 4.62. The van der Waals surface area contributed by atoms with Crippen LogP contribution in [0.15, 0.2) is 33.4 Å². The van der Waals surface area contributed by atoms with Crippen LogP contribution in [0.25, 0.3) is 0 Å². The number of rotatable bonds is 4. The second-order valence-corrected chi connectivity index (χ2v) is 7.42. The number of carbonyl (C=O) groups excluding carboxylic acids is 2. The topological polar surface area (TPSA) is 58.6 Å². The number of halogens is 1. The van der Waals surface area contributed by atoms with Gasteiger partial charge in [-0.1, -0.05) is 0 Å². The molecule has 1 aliphatic heterocycles. The van der Waals surface area contributed by atoms with Crippen molar-refractivity contribution in [3.63, 3.8) is 0 Å². The number of hydrogen-bond acceptors (Lipinski definition) is 4. The zero-order valence-electron chi connectivity index (χ0n) is 12.5. The molecule has 3 rings (SSSR count). The normalized spacial score (nSPS) is 14.2. The summed E-state index contributed by atoms with van der Waals surface area (Å²) in [6.07, 6.45) is 1.42. The van der Waals surface area contributed by atoms with Crippen LogP contribution in [0.4, 0.5) is 11.4 Å². The summed E-state index contributed by atoms with van der Waals surface area (Å²) in [6, 6.07) is 7.10. The molecule has 5 nitrogen and oxygen atoms in total. The van der Waals surface area contributed by atoms with Crippen molar-refractivity contribution in [3.8, 4) is 5.75 Å². The largest absolute Gasteiger partial charge is 0.494 e. The van der Waals surface area contributed by atoms with Gasteiger partial charge in [-0.2, -0.15) is 0 Å². The first-order valence-corrected chi connectivity index (χ1v) is 8.79. The molecule has 2 heterocycles. The number of nitrogens with zero attached hydrogens (tertiary/aromatic N) is 1. The fraction of sp³-hybridized carbons (Fsp3) is 0.250. The summed E-state index contributed by atoms with van der Waals surface area (Å²) in [7, 11) is 1.56. The number of amides is 2. The molecule has 0 spiro atoms. The molecule has 0 unspecified atom stereocenters. The van der Waals surface area contributed by atoms with Gasteiger partial charge in [0.1, 0.15) is 5.75 Å². The lowest BCUT2D eigenvalue weighted by atomic mass is 10.2. The highest BCUT2D eigenvalue weighted by atomic mass is 79.9. The molecule has 1 fully saturated rings. The third-order valence-electron chi connectivity index (χ3n) is 3.63. The summed E-state index contributed by atoms with van der Waals surface area (Å²) in [5.74, 6) is 0.492. The Labute approximate surface area is 146 Å². The molecule has 1 aromatic heterocycles. The van der Waals surface area contributed by atoms with E-state index in [0.29, 0.717) is 30.0 Å². The smallest absolute Gasteiger partial charge is 0.256 e. The summed E-state index contributed by atoms with van der Waals surface area (Å²) >= 11 is 4.80. The van der Waals surface area contributed by atoms with Crippen LogP contribution >= 0.6 is 27.3 Å². The molecule has 1 saturated heterocycles. The first-order chi connectivity index (χ1) is 11.1. The standard InChI is InChI=1S/C16H15BrN2O3S/c1-22-13-8-11(18-16(21)10-7-14(17)23-9-10)4-5-12(13)19-6-2-3-15(19)20/h4-5,7-9H,2-3,6H2,1H3,(H,18,21). The second kappa shape index (κ2) is 6.72. The molecule has 1 N–H and O–H groups in total. The Hall–Kier alpha value is -1.86. The Bertz CT molecular complexity index is 760. The van der Waals surface area contributed by atoms with Crippen LogP contribution in [0.1, 0.15) is 23.2 Å². The molecule has 0 radical (unpaired) electrons. The number of benzene rings is 1. The molecule has 0 aliphatic carbocycles. The zero-order chi connectivity index (χ0) is 16.4. The predicted octanol–water partition coefficient (Wildman–Crippen LogP) is 3.90. The number of carbonyl (C=O) groups is 2. The Morgan fingerprint density at radius 2 is 2.22 bits per heavy atom. The Morgan fingerprint density at radius 3 is 2.83 bits per heavy atom. The molecule has 0 saturated carbocycles. The minimum Gasteiger partial charge on any atom is -0.494 e. The van der Waals surface area contributed by atoms with Crippen LogP contribution in [0.5, 0.6) is 5.75 Å². The zero-order valence-corrected chi connectivity index (χ0v) is 14.9. The molecule has 0 atom stereocenters. The van der Waals surface area contributed by atoms with Gasteiger partial charge in [-0.15, -0.1) is 11.3 Å². The highest BCUT2D eigenvalue weighted by Gasteiger charge is 2.24. The van der Waals surface area contributed by atoms with Crippen molar-refractivity contribution in [1.29, 1.82) is 0 Å². The van der Waals surface area contributed by atoms with Crippen molar-refractivity contribution < 1.29 is 14.3 Å². The average molecular weight is 395 g/mol. The number of anilines is 2. The summed E-state index contributed by atoms with van der Waals surface area (Å²) in [6.45, 7) is 0.698. The van der Waals surface area contributed by atoms with Gasteiger partial charge in [0.05, 0.1) is 22.1 Å². The van der Waals surface area contributed by atoms with E-state index in [4.69, 9.17) is 4.74 Å². The molecule has 1 aliphatic rings. The van der Waals surface area contributed by atoms with Gasteiger partial charge < -0.3 is 15.0 Å². The third-order valence-corrected chi connectivity index (χ3v) is 5.14. The minimum absolute atomic E-state index is 0.100. The number of thiophene rings is 1. The average Bonchev–Trinajstić information content (AvgIpc) is 3.16. The highest BCUT2D eigenvalue weighted by Crippen LogP contribution is 2.34. The lowest BCUT2D eigenvalue weighted by Crippen LogP contribution is -2.24. The first-order valence-electron chi connectivity index (χ1n) is 7.12. The highest BCUT2D eigenvalue weighted by molar-refractivity contribution is 9.11. The van der Waals surface area contributed by atoms with E-state index in [1.54, 1.807) is 41.7 Å². The van der Waals surface area contributed by atoms with Crippen molar-refractivity contribution in [3.05, 3.63) is 39.0 Å². The van der Waals surface area contributed by atoms with Crippen molar-refractivity contribution in [2.45, 2.75) is 12.8 Å². The van der Waals surface area contributed by atoms with Crippen molar-refractivity contribution in [1.82, 2.24) is 0 Å². The second-order valence-electron chi connectivity index (χ2n) is 5.13. The van der Waals surface area contributed by atoms with Gasteiger partial charge in [0.2, 0.25) is 5.91 Å². The Balaban J connectivity index is 1.81. The van der Waals surface area contributed by atoms with E-state index in [0.717, 1.165) is 15.9 Å². The molecule has 2 aromatic rings. The van der Waals surface area contributed by atoms with E-state index in [1.807, 2.05) is 0 Å². The lowest BCUT2D eigenvalue weighted by molar-refractivity contribution is -0.117. The maximum atomic E-state index is 12.2. The molecule has 23 heavy (non-hydrogen) atoms. The van der Waals surface area contributed by atoms with E-state index >= 15 is 0 Å².